The van der Waals surface area contributed by atoms with E-state index in [1.165, 1.54) is 83.5 Å². The Hall–Kier alpha value is -0.590. The van der Waals surface area contributed by atoms with Crippen molar-refractivity contribution in [2.45, 2.75) is 103 Å². The van der Waals surface area contributed by atoms with Crippen LogP contribution in [0.5, 0.6) is 0 Å². The van der Waals surface area contributed by atoms with Crippen molar-refractivity contribution in [2.75, 3.05) is 0 Å². The van der Waals surface area contributed by atoms with Crippen molar-refractivity contribution in [3.8, 4) is 0 Å². The van der Waals surface area contributed by atoms with E-state index < -0.39 is 0 Å². The molecule has 1 heteroatoms. The highest BCUT2D eigenvalue weighted by molar-refractivity contribution is 5.75. The number of carbonyl (C=O) groups is 1. The fourth-order valence-electron chi connectivity index (χ4n) is 2.61. The molecule has 0 aromatic heterocycles. The standard InChI is InChI=1S/C19H36O/c1-3-4-5-6-7-8-9-10-11-12-13-14-15-16-17-18-19(2)20/h3H,1,4-18H2,2H3. The summed E-state index contributed by atoms with van der Waals surface area (Å²) in [6, 6.07) is 0. The highest BCUT2D eigenvalue weighted by atomic mass is 16.1. The first-order valence-corrected chi connectivity index (χ1v) is 8.87. The Morgan fingerprint density at radius 1 is 0.700 bits per heavy atom. The Bertz CT molecular complexity index is 220. The molecule has 0 saturated heterocycles. The molecule has 0 heterocycles. The predicted molar refractivity (Wildman–Crippen MR) is 90.1 cm³/mol. The van der Waals surface area contributed by atoms with Crippen LogP contribution in [0.1, 0.15) is 103 Å². The zero-order valence-corrected chi connectivity index (χ0v) is 13.8. The van der Waals surface area contributed by atoms with Crippen molar-refractivity contribution < 1.29 is 4.79 Å². The lowest BCUT2D eigenvalue weighted by molar-refractivity contribution is -0.117. The number of hydrogen-bond acceptors (Lipinski definition) is 1. The number of Topliss-reactive ketones (excluding diaryl/α,β-unsaturated/α-hetero) is 1. The minimum atomic E-state index is 0.342. The van der Waals surface area contributed by atoms with Gasteiger partial charge in [-0.25, -0.2) is 0 Å². The molecule has 0 amide bonds. The molecule has 20 heavy (non-hydrogen) atoms. The minimum absolute atomic E-state index is 0.342. The van der Waals surface area contributed by atoms with Gasteiger partial charge in [0.2, 0.25) is 0 Å². The van der Waals surface area contributed by atoms with Gasteiger partial charge in [-0.1, -0.05) is 76.7 Å². The van der Waals surface area contributed by atoms with Crippen molar-refractivity contribution in [1.82, 2.24) is 0 Å². The Morgan fingerprint density at radius 3 is 1.40 bits per heavy atom. The van der Waals surface area contributed by atoms with Crippen molar-refractivity contribution in [1.29, 1.82) is 0 Å². The van der Waals surface area contributed by atoms with Crippen molar-refractivity contribution in [3.05, 3.63) is 12.7 Å². The largest absolute Gasteiger partial charge is 0.300 e. The maximum atomic E-state index is 10.8. The van der Waals surface area contributed by atoms with Crippen LogP contribution in [0.3, 0.4) is 0 Å². The fourth-order valence-corrected chi connectivity index (χ4v) is 2.61. The molecule has 1 nitrogen and oxygen atoms in total. The maximum Gasteiger partial charge on any atom is 0.129 e. The van der Waals surface area contributed by atoms with Crippen LogP contribution in [-0.4, -0.2) is 5.78 Å². The molecule has 0 bridgehead atoms. The molecule has 0 radical (unpaired) electrons. The van der Waals surface area contributed by atoms with E-state index in [0.29, 0.717) is 5.78 Å². The summed E-state index contributed by atoms with van der Waals surface area (Å²) < 4.78 is 0. The van der Waals surface area contributed by atoms with Crippen molar-refractivity contribution >= 4 is 5.78 Å². The Morgan fingerprint density at radius 2 is 1.05 bits per heavy atom. The molecular weight excluding hydrogens is 244 g/mol. The summed E-state index contributed by atoms with van der Waals surface area (Å²) >= 11 is 0. The topological polar surface area (TPSA) is 17.1 Å². The molecule has 118 valence electrons. The number of carbonyl (C=O) groups excluding carboxylic acids is 1. The molecule has 0 aliphatic rings. The summed E-state index contributed by atoms with van der Waals surface area (Å²) in [5.41, 5.74) is 0. The molecule has 0 aromatic carbocycles. The van der Waals surface area contributed by atoms with Crippen LogP contribution >= 0.6 is 0 Å². The van der Waals surface area contributed by atoms with E-state index in [2.05, 4.69) is 6.58 Å². The molecule has 0 atom stereocenters. The van der Waals surface area contributed by atoms with Crippen LogP contribution in [0.2, 0.25) is 0 Å². The first kappa shape index (κ1) is 19.4. The summed E-state index contributed by atoms with van der Waals surface area (Å²) in [5, 5.41) is 0. The summed E-state index contributed by atoms with van der Waals surface area (Å²) in [5.74, 6) is 0.342. The zero-order valence-electron chi connectivity index (χ0n) is 13.8. The average molecular weight is 280 g/mol. The molecule has 0 aliphatic carbocycles. The lowest BCUT2D eigenvalue weighted by Crippen LogP contribution is -1.89. The van der Waals surface area contributed by atoms with Crippen LogP contribution in [0.25, 0.3) is 0 Å². The molecule has 0 unspecified atom stereocenters. The number of unbranched alkanes of at least 4 members (excludes halogenated alkanes) is 13. The summed E-state index contributed by atoms with van der Waals surface area (Å²) in [6.07, 6.45) is 21.6. The molecular formula is C19H36O. The average Bonchev–Trinajstić information content (AvgIpc) is 2.43. The summed E-state index contributed by atoms with van der Waals surface area (Å²) in [4.78, 5) is 10.8. The van der Waals surface area contributed by atoms with Crippen LogP contribution in [0, 0.1) is 0 Å². The Labute approximate surface area is 127 Å². The molecule has 0 spiro atoms. The van der Waals surface area contributed by atoms with E-state index in [4.69, 9.17) is 0 Å². The summed E-state index contributed by atoms with van der Waals surface area (Å²) in [6.45, 7) is 5.45. The van der Waals surface area contributed by atoms with E-state index >= 15 is 0 Å². The van der Waals surface area contributed by atoms with Gasteiger partial charge in [0.05, 0.1) is 0 Å². The third-order valence-corrected chi connectivity index (χ3v) is 3.94. The number of ketones is 1. The second-order valence-electron chi connectivity index (χ2n) is 6.13. The first-order chi connectivity index (χ1) is 9.77. The number of allylic oxidation sites excluding steroid dienone is 1. The lowest BCUT2D eigenvalue weighted by atomic mass is 10.0. The SMILES string of the molecule is C=CCCCCCCCCCCCCCCCC(C)=O. The van der Waals surface area contributed by atoms with Gasteiger partial charge in [0, 0.05) is 6.42 Å². The maximum absolute atomic E-state index is 10.8. The lowest BCUT2D eigenvalue weighted by Gasteiger charge is -2.03. The van der Waals surface area contributed by atoms with Gasteiger partial charge in [-0.05, 0) is 26.2 Å². The Kier molecular flexibility index (Phi) is 16.0. The van der Waals surface area contributed by atoms with Gasteiger partial charge in [0.1, 0.15) is 5.78 Å². The van der Waals surface area contributed by atoms with Gasteiger partial charge >= 0.3 is 0 Å². The number of hydrogen-bond donors (Lipinski definition) is 0. The van der Waals surface area contributed by atoms with Crippen LogP contribution in [0.15, 0.2) is 12.7 Å². The van der Waals surface area contributed by atoms with E-state index in [1.54, 1.807) is 6.92 Å². The van der Waals surface area contributed by atoms with Crippen molar-refractivity contribution in [2.24, 2.45) is 0 Å². The van der Waals surface area contributed by atoms with Gasteiger partial charge in [-0.15, -0.1) is 6.58 Å². The van der Waals surface area contributed by atoms with Gasteiger partial charge < -0.3 is 4.79 Å². The van der Waals surface area contributed by atoms with Gasteiger partial charge in [0.15, 0.2) is 0 Å². The fraction of sp³-hybridized carbons (Fsp3) is 0.842. The van der Waals surface area contributed by atoms with Gasteiger partial charge in [-0.3, -0.25) is 0 Å². The molecule has 0 fully saturated rings. The second-order valence-corrected chi connectivity index (χ2v) is 6.13. The van der Waals surface area contributed by atoms with Gasteiger partial charge in [-0.2, -0.15) is 0 Å². The number of rotatable bonds is 16. The third kappa shape index (κ3) is 17.4. The van der Waals surface area contributed by atoms with Crippen molar-refractivity contribution in [3.63, 3.8) is 0 Å². The molecule has 0 aliphatic heterocycles. The Balaban J connectivity index is 2.95. The monoisotopic (exact) mass is 280 g/mol. The van der Waals surface area contributed by atoms with E-state index in [-0.39, 0.29) is 0 Å². The van der Waals surface area contributed by atoms with E-state index in [0.717, 1.165) is 12.8 Å². The first-order valence-electron chi connectivity index (χ1n) is 8.87. The highest BCUT2D eigenvalue weighted by Gasteiger charge is 1.95. The summed E-state index contributed by atoms with van der Waals surface area (Å²) in [7, 11) is 0. The highest BCUT2D eigenvalue weighted by Crippen LogP contribution is 2.13. The zero-order chi connectivity index (χ0) is 14.9. The molecule has 0 aromatic rings. The minimum Gasteiger partial charge on any atom is -0.300 e. The van der Waals surface area contributed by atoms with Crippen LogP contribution in [0.4, 0.5) is 0 Å². The van der Waals surface area contributed by atoms with Gasteiger partial charge in [0.25, 0.3) is 0 Å². The van der Waals surface area contributed by atoms with E-state index in [9.17, 15) is 4.79 Å². The third-order valence-electron chi connectivity index (χ3n) is 3.94. The predicted octanol–water partition coefficient (Wildman–Crippen LogP) is 6.61. The quantitative estimate of drug-likeness (QED) is 0.229. The second kappa shape index (κ2) is 16.5. The molecule has 0 N–H and O–H groups in total. The van der Waals surface area contributed by atoms with Crippen LogP contribution < -0.4 is 0 Å². The normalized spacial score (nSPS) is 10.7. The van der Waals surface area contributed by atoms with Crippen LogP contribution in [-0.2, 0) is 4.79 Å². The molecule has 0 saturated carbocycles. The smallest absolute Gasteiger partial charge is 0.129 e. The molecule has 0 rings (SSSR count). The van der Waals surface area contributed by atoms with E-state index in [1.807, 2.05) is 6.08 Å².